The molecule has 23 nitrogen and oxygen atoms in total. The molecule has 0 bridgehead atoms. The Kier molecular flexibility index (Phi) is 29.7. The molecule has 10 N–H and O–H groups in total. The number of hydrogen-bond acceptors (Lipinski definition) is 13. The second kappa shape index (κ2) is 33.4. The van der Waals surface area contributed by atoms with Crippen molar-refractivity contribution in [3.8, 4) is 0 Å². The fraction of sp³-hybridized carbons (Fsp3) is 0.775. The van der Waals surface area contributed by atoms with E-state index in [2.05, 4.69) is 21.3 Å². The molecule has 360 valence electrons. The number of unbranched alkanes of at least 4 members (excludes halogenated alkanes) is 9. The first-order valence-electron chi connectivity index (χ1n) is 21.8. The quantitative estimate of drug-likeness (QED) is 0.0392. The number of carboxylic acid groups (broad SMARTS) is 6. The van der Waals surface area contributed by atoms with Crippen LogP contribution in [0.4, 0.5) is 4.79 Å². The van der Waals surface area contributed by atoms with E-state index in [-0.39, 0.29) is 50.8 Å². The van der Waals surface area contributed by atoms with Crippen molar-refractivity contribution >= 4 is 53.7 Å². The van der Waals surface area contributed by atoms with Crippen LogP contribution in [0.2, 0.25) is 0 Å². The van der Waals surface area contributed by atoms with Crippen molar-refractivity contribution in [2.45, 2.75) is 108 Å². The number of aliphatic carboxylic acids is 6. The maximum atomic E-state index is 12.9. The highest BCUT2D eigenvalue weighted by Gasteiger charge is 2.25. The smallest absolute Gasteiger partial charge is 0.326 e. The van der Waals surface area contributed by atoms with Gasteiger partial charge in [0, 0.05) is 78.3 Å². The van der Waals surface area contributed by atoms with E-state index in [1.165, 1.54) is 0 Å². The number of carbonyl (C=O) groups is 9. The molecular weight excluding hydrogens is 832 g/mol. The van der Waals surface area contributed by atoms with Gasteiger partial charge in [-0.1, -0.05) is 44.9 Å². The Morgan fingerprint density at radius 3 is 1.13 bits per heavy atom. The Bertz CT molecular complexity index is 1420. The summed E-state index contributed by atoms with van der Waals surface area (Å²) >= 11 is 0. The molecule has 0 saturated carbocycles. The van der Waals surface area contributed by atoms with E-state index in [9.17, 15) is 63.6 Å². The van der Waals surface area contributed by atoms with Gasteiger partial charge in [0.15, 0.2) is 0 Å². The minimum absolute atomic E-state index is 0.0426. The molecule has 1 rings (SSSR count). The molecule has 63 heavy (non-hydrogen) atoms. The zero-order chi connectivity index (χ0) is 47.0. The average molecular weight is 903 g/mol. The van der Waals surface area contributed by atoms with Gasteiger partial charge in [0.2, 0.25) is 11.8 Å². The zero-order valence-electron chi connectivity index (χ0n) is 36.3. The second-order valence-electron chi connectivity index (χ2n) is 15.7. The molecule has 23 heteroatoms. The molecular formula is C40H70N8O15. The maximum Gasteiger partial charge on any atom is 0.326 e. The number of carboxylic acids is 6. The molecule has 0 aromatic heterocycles. The van der Waals surface area contributed by atoms with Gasteiger partial charge in [-0.05, 0) is 38.5 Å². The lowest BCUT2D eigenvalue weighted by molar-refractivity contribution is -0.141. The first-order chi connectivity index (χ1) is 29.9. The SMILES string of the molecule is O=C(O)CCC(NC(=O)NC(CCCCNC(=O)CCCCCCCCCCCNC(=O)CN1CCN(CC(=O)O)CCN(CC(=O)O)CCN(CC(=O)O)CC1)C(=O)O)C(=O)O. The summed E-state index contributed by atoms with van der Waals surface area (Å²) in [5.74, 6) is -7.33. The van der Waals surface area contributed by atoms with Crippen LogP contribution in [0.3, 0.4) is 0 Å². The van der Waals surface area contributed by atoms with Crippen molar-refractivity contribution in [3.05, 3.63) is 0 Å². The first-order valence-corrected chi connectivity index (χ1v) is 21.8. The van der Waals surface area contributed by atoms with Crippen molar-refractivity contribution in [1.29, 1.82) is 0 Å². The number of hydrogen-bond donors (Lipinski definition) is 10. The molecule has 1 fully saturated rings. The maximum absolute atomic E-state index is 12.9. The monoisotopic (exact) mass is 902 g/mol. The summed E-state index contributed by atoms with van der Waals surface area (Å²) in [6.07, 6.45) is 8.96. The normalized spacial score (nSPS) is 15.7. The largest absolute Gasteiger partial charge is 0.481 e. The van der Waals surface area contributed by atoms with Gasteiger partial charge < -0.3 is 51.9 Å². The fourth-order valence-electron chi connectivity index (χ4n) is 6.85. The fourth-order valence-corrected chi connectivity index (χ4v) is 6.85. The molecule has 0 aromatic rings. The van der Waals surface area contributed by atoms with Crippen LogP contribution >= 0.6 is 0 Å². The van der Waals surface area contributed by atoms with Crippen molar-refractivity contribution in [2.24, 2.45) is 0 Å². The van der Waals surface area contributed by atoms with Crippen molar-refractivity contribution in [1.82, 2.24) is 40.9 Å². The molecule has 1 aliphatic rings. The number of nitrogens with zero attached hydrogens (tertiary/aromatic N) is 4. The Balaban J connectivity index is 2.25. The summed E-state index contributed by atoms with van der Waals surface area (Å²) in [5.41, 5.74) is 0. The number of nitrogens with one attached hydrogen (secondary N) is 4. The van der Waals surface area contributed by atoms with Gasteiger partial charge in [0.25, 0.3) is 0 Å². The highest BCUT2D eigenvalue weighted by atomic mass is 16.4. The lowest BCUT2D eigenvalue weighted by atomic mass is 10.1. The van der Waals surface area contributed by atoms with Crippen LogP contribution in [-0.4, -0.2) is 208 Å². The van der Waals surface area contributed by atoms with E-state index in [1.54, 1.807) is 14.7 Å². The van der Waals surface area contributed by atoms with E-state index in [4.69, 9.17) is 10.2 Å². The minimum atomic E-state index is -1.49. The molecule has 0 aliphatic carbocycles. The van der Waals surface area contributed by atoms with Crippen molar-refractivity contribution in [2.75, 3.05) is 91.6 Å². The van der Waals surface area contributed by atoms with E-state index in [0.717, 1.165) is 57.8 Å². The van der Waals surface area contributed by atoms with Crippen LogP contribution in [0.1, 0.15) is 96.3 Å². The third-order valence-corrected chi connectivity index (χ3v) is 10.4. The summed E-state index contributed by atoms with van der Waals surface area (Å²) in [7, 11) is 0. The van der Waals surface area contributed by atoms with Crippen LogP contribution in [0, 0.1) is 0 Å². The Labute approximate surface area is 367 Å². The topological polar surface area (TPSA) is 336 Å². The molecule has 4 amide bonds. The minimum Gasteiger partial charge on any atom is -0.481 e. The Morgan fingerprint density at radius 2 is 0.730 bits per heavy atom. The average Bonchev–Trinajstić information content (AvgIpc) is 3.19. The zero-order valence-corrected chi connectivity index (χ0v) is 36.3. The van der Waals surface area contributed by atoms with Crippen LogP contribution < -0.4 is 21.3 Å². The molecule has 1 heterocycles. The van der Waals surface area contributed by atoms with Gasteiger partial charge in [0.1, 0.15) is 12.1 Å². The summed E-state index contributed by atoms with van der Waals surface area (Å²) in [6.45, 7) is 2.84. The molecule has 0 spiro atoms. The van der Waals surface area contributed by atoms with Crippen molar-refractivity contribution < 1.29 is 73.8 Å². The number of rotatable bonds is 32. The molecule has 1 saturated heterocycles. The summed E-state index contributed by atoms with van der Waals surface area (Å²) < 4.78 is 0. The second-order valence-corrected chi connectivity index (χ2v) is 15.7. The summed E-state index contributed by atoms with van der Waals surface area (Å²) in [5, 5.41) is 65.5. The van der Waals surface area contributed by atoms with Crippen LogP contribution in [-0.2, 0) is 38.4 Å². The predicted octanol–water partition coefficient (Wildman–Crippen LogP) is -0.164. The predicted molar refractivity (Wildman–Crippen MR) is 226 cm³/mol. The van der Waals surface area contributed by atoms with Crippen LogP contribution in [0.15, 0.2) is 0 Å². The van der Waals surface area contributed by atoms with Crippen LogP contribution in [0.25, 0.3) is 0 Å². The Hall–Kier alpha value is -5.13. The summed E-state index contributed by atoms with van der Waals surface area (Å²) in [4.78, 5) is 112. The molecule has 0 radical (unpaired) electrons. The van der Waals surface area contributed by atoms with Crippen LogP contribution in [0.5, 0.6) is 0 Å². The van der Waals surface area contributed by atoms with Gasteiger partial charge >= 0.3 is 41.8 Å². The molecule has 0 aromatic carbocycles. The van der Waals surface area contributed by atoms with Gasteiger partial charge in [-0.3, -0.25) is 48.4 Å². The van der Waals surface area contributed by atoms with Gasteiger partial charge in [-0.15, -0.1) is 0 Å². The van der Waals surface area contributed by atoms with E-state index >= 15 is 0 Å². The highest BCUT2D eigenvalue weighted by molar-refractivity contribution is 5.86. The number of carbonyl (C=O) groups excluding carboxylic acids is 3. The number of amides is 4. The van der Waals surface area contributed by atoms with E-state index in [1.807, 2.05) is 4.90 Å². The molecule has 1 aliphatic heterocycles. The Morgan fingerprint density at radius 1 is 0.381 bits per heavy atom. The van der Waals surface area contributed by atoms with E-state index < -0.39 is 60.4 Å². The van der Waals surface area contributed by atoms with E-state index in [0.29, 0.717) is 84.7 Å². The van der Waals surface area contributed by atoms with Crippen molar-refractivity contribution in [3.63, 3.8) is 0 Å². The highest BCUT2D eigenvalue weighted by Crippen LogP contribution is 2.11. The third-order valence-electron chi connectivity index (χ3n) is 10.4. The lowest BCUT2D eigenvalue weighted by Gasteiger charge is -2.32. The standard InChI is InChI=1S/C40H70N8O15/c49-32(41-17-11-9-12-30(38(59)60)43-40(63)44-31(39(61)62)14-15-34(51)52)13-8-6-4-2-1-3-5-7-10-16-42-33(50)26-45-18-20-46(27-35(53)54)22-24-48(29-37(57)58)25-23-47(21-19-45)28-36(55)56/h30-31H,1-29H2,(H,41,49)(H,42,50)(H,51,52)(H,53,54)(H,55,56)(H,57,58)(H,59,60)(H,61,62)(H2,43,44,63). The lowest BCUT2D eigenvalue weighted by Crippen LogP contribution is -2.51. The van der Waals surface area contributed by atoms with Gasteiger partial charge in [-0.25, -0.2) is 14.4 Å². The molecule has 2 unspecified atom stereocenters. The number of urea groups is 1. The van der Waals surface area contributed by atoms with Gasteiger partial charge in [-0.2, -0.15) is 0 Å². The first kappa shape index (κ1) is 55.9. The molecule has 2 atom stereocenters. The summed E-state index contributed by atoms with van der Waals surface area (Å²) in [6, 6.07) is -3.82. The third kappa shape index (κ3) is 30.5. The van der Waals surface area contributed by atoms with Gasteiger partial charge in [0.05, 0.1) is 26.2 Å².